The predicted octanol–water partition coefficient (Wildman–Crippen LogP) is 1.71. The third-order valence-electron chi connectivity index (χ3n) is 3.15. The Morgan fingerprint density at radius 3 is 2.35 bits per heavy atom. The molecule has 0 aromatic heterocycles. The summed E-state index contributed by atoms with van der Waals surface area (Å²) in [5.41, 5.74) is -0.749. The van der Waals surface area contributed by atoms with E-state index in [9.17, 15) is 18.0 Å². The predicted molar refractivity (Wildman–Crippen MR) is 53.4 cm³/mol. The Morgan fingerprint density at radius 1 is 1.41 bits per heavy atom. The number of piperidine rings is 1. The topological polar surface area (TPSA) is 49.8 Å². The van der Waals surface area contributed by atoms with Gasteiger partial charge in [0.05, 0.1) is 12.0 Å². The van der Waals surface area contributed by atoms with E-state index < -0.39 is 24.4 Å². The van der Waals surface area contributed by atoms with Crippen LogP contribution >= 0.6 is 0 Å². The van der Waals surface area contributed by atoms with E-state index >= 15 is 0 Å². The minimum atomic E-state index is -4.59. The summed E-state index contributed by atoms with van der Waals surface area (Å²) in [4.78, 5) is 12.7. The Hall–Kier alpha value is -0.820. The SMILES string of the molecule is CC1(C(=O)O)CCN(CCOC(F)(F)F)CC1. The number of alkyl halides is 3. The number of carboxylic acid groups (broad SMARTS) is 1. The van der Waals surface area contributed by atoms with Crippen molar-refractivity contribution in [3.05, 3.63) is 0 Å². The zero-order chi connectivity index (χ0) is 13.1. The zero-order valence-electron chi connectivity index (χ0n) is 9.59. The van der Waals surface area contributed by atoms with Crippen molar-refractivity contribution in [1.82, 2.24) is 4.90 Å². The average molecular weight is 255 g/mol. The highest BCUT2D eigenvalue weighted by Crippen LogP contribution is 2.30. The number of hydrogen-bond acceptors (Lipinski definition) is 3. The molecule has 17 heavy (non-hydrogen) atoms. The fourth-order valence-corrected chi connectivity index (χ4v) is 1.77. The number of aliphatic carboxylic acids is 1. The lowest BCUT2D eigenvalue weighted by Gasteiger charge is -2.36. The van der Waals surface area contributed by atoms with Crippen LogP contribution in [0.1, 0.15) is 19.8 Å². The average Bonchev–Trinajstić information content (AvgIpc) is 2.19. The van der Waals surface area contributed by atoms with Crippen LogP contribution in [0.15, 0.2) is 0 Å². The van der Waals surface area contributed by atoms with Crippen molar-refractivity contribution in [2.75, 3.05) is 26.2 Å². The Balaban J connectivity index is 2.26. The molecule has 1 aliphatic heterocycles. The van der Waals surface area contributed by atoms with Gasteiger partial charge >= 0.3 is 12.3 Å². The minimum absolute atomic E-state index is 0.176. The van der Waals surface area contributed by atoms with Crippen molar-refractivity contribution >= 4 is 5.97 Å². The fourth-order valence-electron chi connectivity index (χ4n) is 1.77. The van der Waals surface area contributed by atoms with E-state index in [1.165, 1.54) is 0 Å². The van der Waals surface area contributed by atoms with E-state index in [1.807, 2.05) is 0 Å². The van der Waals surface area contributed by atoms with Crippen LogP contribution in [0.3, 0.4) is 0 Å². The maximum atomic E-state index is 11.7. The number of likely N-dealkylation sites (tertiary alicyclic amines) is 1. The number of hydrogen-bond donors (Lipinski definition) is 1. The molecule has 0 unspecified atom stereocenters. The monoisotopic (exact) mass is 255 g/mol. The smallest absolute Gasteiger partial charge is 0.481 e. The first kappa shape index (κ1) is 14.2. The maximum absolute atomic E-state index is 11.7. The molecule has 1 fully saturated rings. The quantitative estimate of drug-likeness (QED) is 0.830. The van der Waals surface area contributed by atoms with E-state index in [4.69, 9.17) is 5.11 Å². The summed E-state index contributed by atoms with van der Waals surface area (Å²) in [6, 6.07) is 0. The second-order valence-corrected chi connectivity index (χ2v) is 4.50. The molecule has 0 spiro atoms. The standard InChI is InChI=1S/C10H16F3NO3/c1-9(8(15)16)2-4-14(5-3-9)6-7-17-10(11,12)13/h2-7H2,1H3,(H,15,16). The summed E-state index contributed by atoms with van der Waals surface area (Å²) in [6.45, 7) is 2.41. The molecule has 0 radical (unpaired) electrons. The first-order valence-corrected chi connectivity index (χ1v) is 5.39. The summed E-state index contributed by atoms with van der Waals surface area (Å²) < 4.78 is 38.8. The van der Waals surface area contributed by atoms with Crippen LogP contribution in [0, 0.1) is 5.41 Å². The van der Waals surface area contributed by atoms with Crippen molar-refractivity contribution < 1.29 is 27.8 Å². The van der Waals surface area contributed by atoms with E-state index in [0.29, 0.717) is 25.9 Å². The lowest BCUT2D eigenvalue weighted by atomic mass is 9.80. The molecular formula is C10H16F3NO3. The van der Waals surface area contributed by atoms with Crippen molar-refractivity contribution in [2.45, 2.75) is 26.1 Å². The molecule has 0 aromatic carbocycles. The normalized spacial score (nSPS) is 21.4. The van der Waals surface area contributed by atoms with Crippen LogP contribution in [-0.2, 0) is 9.53 Å². The van der Waals surface area contributed by atoms with Gasteiger partial charge < -0.3 is 10.0 Å². The van der Waals surface area contributed by atoms with Gasteiger partial charge in [0.1, 0.15) is 0 Å². The van der Waals surface area contributed by atoms with Crippen LogP contribution < -0.4 is 0 Å². The molecule has 1 saturated heterocycles. The highest BCUT2D eigenvalue weighted by molar-refractivity contribution is 5.74. The van der Waals surface area contributed by atoms with E-state index in [1.54, 1.807) is 11.8 Å². The molecular weight excluding hydrogens is 239 g/mol. The van der Waals surface area contributed by atoms with Crippen LogP contribution in [0.4, 0.5) is 13.2 Å². The van der Waals surface area contributed by atoms with Gasteiger partial charge in [-0.3, -0.25) is 9.53 Å². The highest BCUT2D eigenvalue weighted by Gasteiger charge is 2.37. The van der Waals surface area contributed by atoms with Crippen LogP contribution in [0.5, 0.6) is 0 Å². The van der Waals surface area contributed by atoms with Gasteiger partial charge in [-0.25, -0.2) is 0 Å². The molecule has 1 rings (SSSR count). The summed E-state index contributed by atoms with van der Waals surface area (Å²) in [5.74, 6) is -0.844. The van der Waals surface area contributed by atoms with Gasteiger partial charge in [0.2, 0.25) is 0 Å². The molecule has 0 bridgehead atoms. The molecule has 1 N–H and O–H groups in total. The first-order valence-electron chi connectivity index (χ1n) is 5.39. The molecule has 7 heteroatoms. The molecule has 0 atom stereocenters. The fraction of sp³-hybridized carbons (Fsp3) is 0.900. The van der Waals surface area contributed by atoms with Gasteiger partial charge in [0.15, 0.2) is 0 Å². The van der Waals surface area contributed by atoms with E-state index in [0.717, 1.165) is 0 Å². The number of rotatable bonds is 4. The van der Waals surface area contributed by atoms with Crippen molar-refractivity contribution in [2.24, 2.45) is 5.41 Å². The lowest BCUT2D eigenvalue weighted by molar-refractivity contribution is -0.325. The van der Waals surface area contributed by atoms with Gasteiger partial charge in [-0.15, -0.1) is 13.2 Å². The summed E-state index contributed by atoms with van der Waals surface area (Å²) in [6.07, 6.45) is -3.69. The number of halogens is 3. The second kappa shape index (κ2) is 5.22. The van der Waals surface area contributed by atoms with Gasteiger partial charge in [0, 0.05) is 6.54 Å². The molecule has 0 aromatic rings. The number of carboxylic acids is 1. The number of nitrogens with zero attached hydrogens (tertiary/aromatic N) is 1. The third kappa shape index (κ3) is 4.51. The van der Waals surface area contributed by atoms with Crippen LogP contribution in [0.2, 0.25) is 0 Å². The molecule has 0 saturated carbocycles. The molecule has 0 amide bonds. The number of ether oxygens (including phenoxy) is 1. The first-order chi connectivity index (χ1) is 7.73. The lowest BCUT2D eigenvalue weighted by Crippen LogP contribution is -2.44. The Morgan fingerprint density at radius 2 is 1.94 bits per heavy atom. The highest BCUT2D eigenvalue weighted by atomic mass is 19.4. The van der Waals surface area contributed by atoms with Crippen LogP contribution in [0.25, 0.3) is 0 Å². The molecule has 0 aliphatic carbocycles. The van der Waals surface area contributed by atoms with Crippen molar-refractivity contribution in [3.8, 4) is 0 Å². The second-order valence-electron chi connectivity index (χ2n) is 4.50. The van der Waals surface area contributed by atoms with Crippen LogP contribution in [-0.4, -0.2) is 48.6 Å². The molecule has 100 valence electrons. The van der Waals surface area contributed by atoms with Crippen molar-refractivity contribution in [1.29, 1.82) is 0 Å². The molecule has 4 nitrogen and oxygen atoms in total. The third-order valence-corrected chi connectivity index (χ3v) is 3.15. The van der Waals surface area contributed by atoms with Crippen molar-refractivity contribution in [3.63, 3.8) is 0 Å². The summed E-state index contributed by atoms with van der Waals surface area (Å²) in [5, 5.41) is 8.97. The molecule has 1 aliphatic rings. The summed E-state index contributed by atoms with van der Waals surface area (Å²) in [7, 11) is 0. The van der Waals surface area contributed by atoms with Gasteiger partial charge in [-0.05, 0) is 32.9 Å². The minimum Gasteiger partial charge on any atom is -0.481 e. The Kier molecular flexibility index (Phi) is 4.37. The van der Waals surface area contributed by atoms with E-state index in [2.05, 4.69) is 4.74 Å². The maximum Gasteiger partial charge on any atom is 0.522 e. The zero-order valence-corrected chi connectivity index (χ0v) is 9.59. The Bertz CT molecular complexity index is 272. The largest absolute Gasteiger partial charge is 0.522 e. The Labute approximate surface area is 97.3 Å². The van der Waals surface area contributed by atoms with Gasteiger partial charge in [-0.2, -0.15) is 0 Å². The van der Waals surface area contributed by atoms with E-state index in [-0.39, 0.29) is 6.54 Å². The number of carbonyl (C=O) groups is 1. The molecule has 1 heterocycles. The van der Waals surface area contributed by atoms with Gasteiger partial charge in [0.25, 0.3) is 0 Å². The van der Waals surface area contributed by atoms with Gasteiger partial charge in [-0.1, -0.05) is 0 Å². The summed E-state index contributed by atoms with van der Waals surface area (Å²) >= 11 is 0.